The molecule has 0 spiro atoms. The smallest absolute Gasteiger partial charge is 0.115 e. The maximum absolute atomic E-state index is 9.38. The highest BCUT2D eigenvalue weighted by Gasteiger charge is 2.08. The van der Waals surface area contributed by atoms with Gasteiger partial charge in [-0.1, -0.05) is 45.2 Å². The molecule has 0 aliphatic carbocycles. The Bertz CT molecular complexity index is 545. The summed E-state index contributed by atoms with van der Waals surface area (Å²) >= 11 is 0. The maximum Gasteiger partial charge on any atom is 0.115 e. The summed E-state index contributed by atoms with van der Waals surface area (Å²) in [4.78, 5) is 0. The quantitative estimate of drug-likeness (QED) is 0.554. The molecule has 0 saturated heterocycles. The minimum atomic E-state index is 0.0179. The first-order valence-electron chi connectivity index (χ1n) is 6.76. The van der Waals surface area contributed by atoms with Crippen LogP contribution in [0.25, 0.3) is 5.57 Å². The number of rotatable bonds is 6. The molecule has 106 valence electrons. The molecule has 1 aromatic carbocycles. The number of phenols is 1. The third kappa shape index (κ3) is 4.16. The van der Waals surface area contributed by atoms with Crippen LogP contribution in [0.1, 0.15) is 32.3 Å². The van der Waals surface area contributed by atoms with Crippen LogP contribution < -0.4 is 0 Å². The van der Waals surface area contributed by atoms with Crippen molar-refractivity contribution in [1.82, 2.24) is 0 Å². The molecule has 0 saturated carbocycles. The lowest BCUT2D eigenvalue weighted by atomic mass is 9.91. The molecule has 1 rings (SSSR count). The van der Waals surface area contributed by atoms with Crippen LogP contribution in [0.2, 0.25) is 0 Å². The average molecular weight is 270 g/mol. The van der Waals surface area contributed by atoms with E-state index in [2.05, 4.69) is 27.0 Å². The lowest BCUT2D eigenvalue weighted by Crippen LogP contribution is -1.93. The normalized spacial score (nSPS) is 12.3. The van der Waals surface area contributed by atoms with Crippen LogP contribution in [0.15, 0.2) is 66.5 Å². The van der Waals surface area contributed by atoms with Crippen LogP contribution >= 0.6 is 0 Å². The number of benzene rings is 1. The van der Waals surface area contributed by atoms with Crippen molar-refractivity contribution in [1.29, 1.82) is 0 Å². The highest BCUT2D eigenvalue weighted by atomic mass is 16.3. The second kappa shape index (κ2) is 7.39. The largest absolute Gasteiger partial charge is 0.509 e. The van der Waals surface area contributed by atoms with E-state index in [1.807, 2.05) is 12.1 Å². The number of allylic oxidation sites excluding steroid dienone is 5. The third-order valence-electron chi connectivity index (χ3n) is 3.15. The topological polar surface area (TPSA) is 40.5 Å². The minimum Gasteiger partial charge on any atom is -0.509 e. The van der Waals surface area contributed by atoms with Crippen molar-refractivity contribution in [3.05, 3.63) is 72.0 Å². The van der Waals surface area contributed by atoms with Crippen molar-refractivity contribution < 1.29 is 10.2 Å². The molecule has 0 aliphatic rings. The highest BCUT2D eigenvalue weighted by molar-refractivity contribution is 5.73. The van der Waals surface area contributed by atoms with E-state index in [9.17, 15) is 5.11 Å². The van der Waals surface area contributed by atoms with Crippen molar-refractivity contribution >= 4 is 5.57 Å². The Kier molecular flexibility index (Phi) is 5.85. The zero-order valence-electron chi connectivity index (χ0n) is 12.2. The minimum absolute atomic E-state index is 0.0179. The van der Waals surface area contributed by atoms with Gasteiger partial charge in [-0.3, -0.25) is 0 Å². The molecule has 0 aromatic heterocycles. The first kappa shape index (κ1) is 15.8. The van der Waals surface area contributed by atoms with Crippen molar-refractivity contribution in [2.75, 3.05) is 0 Å². The molecule has 2 nitrogen and oxygen atoms in total. The number of hydrogen-bond acceptors (Lipinski definition) is 2. The van der Waals surface area contributed by atoms with Crippen LogP contribution in [-0.2, 0) is 0 Å². The van der Waals surface area contributed by atoms with Gasteiger partial charge in [0.2, 0.25) is 0 Å². The van der Waals surface area contributed by atoms with E-state index in [4.69, 9.17) is 5.11 Å². The van der Waals surface area contributed by atoms with Gasteiger partial charge in [0.15, 0.2) is 0 Å². The Hall–Kier alpha value is -2.22. The van der Waals surface area contributed by atoms with Crippen molar-refractivity contribution in [3.8, 4) is 5.75 Å². The van der Waals surface area contributed by atoms with Crippen LogP contribution in [-0.4, -0.2) is 10.2 Å². The molecule has 2 heteroatoms. The van der Waals surface area contributed by atoms with E-state index in [1.165, 1.54) is 5.57 Å². The monoisotopic (exact) mass is 270 g/mol. The molecule has 0 bridgehead atoms. The van der Waals surface area contributed by atoms with Crippen LogP contribution in [0.4, 0.5) is 0 Å². The van der Waals surface area contributed by atoms with E-state index >= 15 is 0 Å². The highest BCUT2D eigenvalue weighted by Crippen LogP contribution is 2.29. The SMILES string of the molecule is C=C(O)/C=C\C(=C)/C(CC)=C(\CC)c1ccc(O)cc1. The van der Waals surface area contributed by atoms with Gasteiger partial charge in [-0.15, -0.1) is 0 Å². The number of hydrogen-bond donors (Lipinski definition) is 2. The molecule has 0 fully saturated rings. The summed E-state index contributed by atoms with van der Waals surface area (Å²) in [6.07, 6.45) is 5.05. The summed E-state index contributed by atoms with van der Waals surface area (Å²) in [5.41, 5.74) is 4.30. The number of aromatic hydroxyl groups is 1. The summed E-state index contributed by atoms with van der Waals surface area (Å²) in [5, 5.41) is 18.5. The van der Waals surface area contributed by atoms with Gasteiger partial charge in [0, 0.05) is 0 Å². The third-order valence-corrected chi connectivity index (χ3v) is 3.15. The van der Waals surface area contributed by atoms with Gasteiger partial charge in [0.25, 0.3) is 0 Å². The molecule has 0 unspecified atom stereocenters. The second-order valence-corrected chi connectivity index (χ2v) is 4.56. The molecule has 0 heterocycles. The van der Waals surface area contributed by atoms with Gasteiger partial charge in [-0.05, 0) is 53.3 Å². The number of aliphatic hydroxyl groups is 1. The van der Waals surface area contributed by atoms with E-state index < -0.39 is 0 Å². The summed E-state index contributed by atoms with van der Waals surface area (Å²) in [6.45, 7) is 11.7. The zero-order valence-corrected chi connectivity index (χ0v) is 12.2. The van der Waals surface area contributed by atoms with Gasteiger partial charge in [-0.25, -0.2) is 0 Å². The Morgan fingerprint density at radius 2 is 1.65 bits per heavy atom. The Morgan fingerprint density at radius 1 is 1.05 bits per heavy atom. The zero-order chi connectivity index (χ0) is 15.1. The van der Waals surface area contributed by atoms with Gasteiger partial charge < -0.3 is 10.2 Å². The summed E-state index contributed by atoms with van der Waals surface area (Å²) in [7, 11) is 0. The van der Waals surface area contributed by atoms with Gasteiger partial charge in [-0.2, -0.15) is 0 Å². The molecule has 2 N–H and O–H groups in total. The van der Waals surface area contributed by atoms with Gasteiger partial charge in [0.05, 0.1) is 0 Å². The predicted molar refractivity (Wildman–Crippen MR) is 85.7 cm³/mol. The molecule has 0 radical (unpaired) electrons. The molecule has 0 atom stereocenters. The van der Waals surface area contributed by atoms with Crippen molar-refractivity contribution in [2.24, 2.45) is 0 Å². The molecule has 1 aromatic rings. The molecule has 0 aliphatic heterocycles. The first-order valence-corrected chi connectivity index (χ1v) is 6.76. The van der Waals surface area contributed by atoms with Crippen LogP contribution in [0, 0.1) is 0 Å². The van der Waals surface area contributed by atoms with E-state index in [0.717, 1.165) is 29.6 Å². The van der Waals surface area contributed by atoms with Crippen LogP contribution in [0.3, 0.4) is 0 Å². The molecule has 20 heavy (non-hydrogen) atoms. The maximum atomic E-state index is 9.38. The van der Waals surface area contributed by atoms with Crippen LogP contribution in [0.5, 0.6) is 5.75 Å². The number of aliphatic hydroxyl groups excluding tert-OH is 1. The fourth-order valence-corrected chi connectivity index (χ4v) is 2.19. The van der Waals surface area contributed by atoms with Crippen molar-refractivity contribution in [3.63, 3.8) is 0 Å². The molecule has 0 amide bonds. The summed E-state index contributed by atoms with van der Waals surface area (Å²) < 4.78 is 0. The fourth-order valence-electron chi connectivity index (χ4n) is 2.19. The van der Waals surface area contributed by atoms with E-state index in [1.54, 1.807) is 24.3 Å². The average Bonchev–Trinajstić information content (AvgIpc) is 2.43. The predicted octanol–water partition coefficient (Wildman–Crippen LogP) is 5.15. The van der Waals surface area contributed by atoms with Gasteiger partial charge >= 0.3 is 0 Å². The lowest BCUT2D eigenvalue weighted by molar-refractivity contribution is 0.435. The lowest BCUT2D eigenvalue weighted by Gasteiger charge is -2.14. The summed E-state index contributed by atoms with van der Waals surface area (Å²) in [5.74, 6) is 0.279. The standard InChI is InChI=1S/C18H22O2/c1-5-17(13(3)7-8-14(4)19)18(6-2)15-9-11-16(20)12-10-15/h7-12,19-20H,3-6H2,1-2H3/b8-7-,18-17+. The summed E-state index contributed by atoms with van der Waals surface area (Å²) in [6, 6.07) is 7.19. The Morgan fingerprint density at radius 3 is 2.10 bits per heavy atom. The molecular weight excluding hydrogens is 248 g/mol. The van der Waals surface area contributed by atoms with E-state index in [0.29, 0.717) is 0 Å². The fraction of sp³-hybridized carbons (Fsp3) is 0.222. The van der Waals surface area contributed by atoms with E-state index in [-0.39, 0.29) is 11.5 Å². The number of phenolic OH excluding ortho intramolecular Hbond substituents is 1. The second-order valence-electron chi connectivity index (χ2n) is 4.56. The first-order chi connectivity index (χ1) is 9.49. The Labute approximate surface area is 121 Å². The van der Waals surface area contributed by atoms with Gasteiger partial charge in [0.1, 0.15) is 11.5 Å². The van der Waals surface area contributed by atoms with Crippen molar-refractivity contribution in [2.45, 2.75) is 26.7 Å². The Balaban J connectivity index is 3.22. The molecular formula is C18H22O2.